The van der Waals surface area contributed by atoms with Crippen molar-refractivity contribution in [3.05, 3.63) is 108 Å². The number of ether oxygens (including phenoxy) is 2. The molecule has 2 aromatic carbocycles. The molecule has 0 bridgehead atoms. The van der Waals surface area contributed by atoms with Crippen molar-refractivity contribution in [2.24, 2.45) is 0 Å². The number of rotatable bonds is 16. The van der Waals surface area contributed by atoms with Crippen LogP contribution in [0.1, 0.15) is 47.9 Å². The Morgan fingerprint density at radius 1 is 0.652 bits per heavy atom. The molecule has 2 aliphatic rings. The Kier molecular flexibility index (Phi) is 18.3. The summed E-state index contributed by atoms with van der Waals surface area (Å²) in [5, 5.41) is 8.86. The lowest BCUT2D eigenvalue weighted by Gasteiger charge is -2.37. The average molecular weight is 962 g/mol. The molecule has 3 aromatic heterocycles. The van der Waals surface area contributed by atoms with E-state index in [0.717, 1.165) is 39.3 Å². The highest BCUT2D eigenvalue weighted by atomic mass is 19.3. The van der Waals surface area contributed by atoms with Crippen molar-refractivity contribution in [2.45, 2.75) is 39.8 Å². The van der Waals surface area contributed by atoms with Gasteiger partial charge in [-0.25, -0.2) is 9.59 Å². The number of halogens is 4. The monoisotopic (exact) mass is 961 g/mol. The normalized spacial score (nSPS) is 14.2. The number of hydrogen-bond acceptors (Lipinski definition) is 13. The first kappa shape index (κ1) is 51.2. The van der Waals surface area contributed by atoms with Crippen LogP contribution in [0.5, 0.6) is 11.5 Å². The van der Waals surface area contributed by atoms with Crippen LogP contribution in [0, 0.1) is 0 Å². The maximum Gasteiger partial charge on any atom is 0.324 e. The van der Waals surface area contributed by atoms with Crippen LogP contribution >= 0.6 is 0 Å². The molecule has 69 heavy (non-hydrogen) atoms. The Morgan fingerprint density at radius 3 is 1.51 bits per heavy atom. The highest BCUT2D eigenvalue weighted by Gasteiger charge is 2.29. The minimum atomic E-state index is -3.19. The maximum absolute atomic E-state index is 13.5. The lowest BCUT2D eigenvalue weighted by Crippen LogP contribution is -2.52. The van der Waals surface area contributed by atoms with Gasteiger partial charge < -0.3 is 38.8 Å². The number of methoxy groups -OCH3 is 2. The van der Waals surface area contributed by atoms with E-state index in [1.165, 1.54) is 18.5 Å². The van der Waals surface area contributed by atoms with E-state index in [1.807, 2.05) is 22.3 Å². The number of benzene rings is 2. The van der Waals surface area contributed by atoms with E-state index in [9.17, 15) is 36.7 Å². The summed E-state index contributed by atoms with van der Waals surface area (Å²) in [5.41, 5.74) is 3.13. The number of alkyl halides is 4. The summed E-state index contributed by atoms with van der Waals surface area (Å²) >= 11 is 0. The second-order valence-electron chi connectivity index (χ2n) is 15.7. The molecule has 5 amide bonds. The number of Topliss-reactive ketones (excluding diaryl/α,β-unsaturated/α-hetero) is 1. The van der Waals surface area contributed by atoms with E-state index in [0.29, 0.717) is 66.0 Å². The van der Waals surface area contributed by atoms with Crippen molar-refractivity contribution in [3.8, 4) is 23.0 Å². The molecule has 0 radical (unpaired) electrons. The zero-order valence-corrected chi connectivity index (χ0v) is 38.8. The number of urea groups is 2. The molecule has 22 heteroatoms. The zero-order valence-electron chi connectivity index (χ0n) is 38.8. The molecular formula is C47H55F4N11O7. The molecule has 0 spiro atoms. The second kappa shape index (κ2) is 24.7. The molecule has 2 saturated heterocycles. The molecule has 0 saturated carbocycles. The summed E-state index contributed by atoms with van der Waals surface area (Å²) in [6.45, 7) is 11.7. The largest absolute Gasteiger partial charge is 0.497 e. The minimum Gasteiger partial charge on any atom is -0.497 e. The van der Waals surface area contributed by atoms with Gasteiger partial charge in [-0.05, 0) is 85.9 Å². The maximum atomic E-state index is 13.5. The summed E-state index contributed by atoms with van der Waals surface area (Å²) in [6.07, 6.45) is -3.25. The van der Waals surface area contributed by atoms with Crippen LogP contribution in [0.2, 0.25) is 0 Å². The standard InChI is InChI=1S/C24H29F2N5O4.C23H26F2N6O3/c1-3-29-10-12-30(13-11-29)24(34)31(19-6-8-20(35-2)9-7-19)16-18-5-4-17(14-27-18)21(32)15-28-23(33)22(25)26;1-3-29-10-12-30(13-11-29)23(32)31(18-6-8-19(33-2)9-7-18)15-17-5-4-16(14-26-17)21-27-28-22(34-21)20(24)25/h4-9,14,22H,3,10-13,15-16H2,1-2H3,(H,28,33);4-9,14,20H,3,10-13,15H2,1-2H3. The van der Waals surface area contributed by atoms with E-state index in [2.05, 4.69) is 43.8 Å². The predicted molar refractivity (Wildman–Crippen MR) is 247 cm³/mol. The van der Waals surface area contributed by atoms with Crippen molar-refractivity contribution in [3.63, 3.8) is 0 Å². The Morgan fingerprint density at radius 2 is 1.13 bits per heavy atom. The number of amides is 5. The van der Waals surface area contributed by atoms with Crippen LogP contribution in [0.4, 0.5) is 38.5 Å². The van der Waals surface area contributed by atoms with Crippen LogP contribution in [0.15, 0.2) is 89.6 Å². The van der Waals surface area contributed by atoms with Crippen molar-refractivity contribution in [1.82, 2.24) is 45.1 Å². The molecule has 2 fully saturated rings. The topological polar surface area (TPSA) is 183 Å². The highest BCUT2D eigenvalue weighted by Crippen LogP contribution is 2.27. The summed E-state index contributed by atoms with van der Waals surface area (Å²) in [7, 11) is 3.15. The summed E-state index contributed by atoms with van der Waals surface area (Å²) in [6, 6.07) is 20.6. The average Bonchev–Trinajstić information content (AvgIpc) is 3.90. The number of anilines is 2. The Labute approximate surface area is 396 Å². The summed E-state index contributed by atoms with van der Waals surface area (Å²) in [5.74, 6) is -1.47. The van der Waals surface area contributed by atoms with Gasteiger partial charge in [0, 0.05) is 81.7 Å². The van der Waals surface area contributed by atoms with Gasteiger partial charge >= 0.3 is 24.9 Å². The quantitative estimate of drug-likeness (QED) is 0.0865. The Bertz CT molecular complexity index is 2430. The number of likely N-dealkylation sites (N-methyl/N-ethyl adjacent to an activating group) is 2. The predicted octanol–water partition coefficient (Wildman–Crippen LogP) is 6.26. The molecule has 5 heterocycles. The van der Waals surface area contributed by atoms with Gasteiger partial charge in [-0.3, -0.25) is 29.4 Å². The fraction of sp³-hybridized carbons (Fsp3) is 0.404. The SMILES string of the molecule is CCN1CCN(C(=O)N(Cc2ccc(-c3nnc(C(F)F)o3)cn2)c2ccc(OC)cc2)CC1.CCN1CCN(C(=O)N(Cc2ccc(C(=O)CNC(=O)C(F)F)cn2)c2ccc(OC)cc2)CC1. The van der Waals surface area contributed by atoms with E-state index in [1.54, 1.807) is 83.5 Å². The smallest absolute Gasteiger partial charge is 0.324 e. The lowest BCUT2D eigenvalue weighted by molar-refractivity contribution is -0.131. The number of pyridine rings is 2. The van der Waals surface area contributed by atoms with Gasteiger partial charge in [-0.2, -0.15) is 17.6 Å². The second-order valence-corrected chi connectivity index (χ2v) is 15.7. The van der Waals surface area contributed by atoms with Crippen molar-refractivity contribution >= 4 is 35.1 Å². The number of piperazine rings is 2. The molecule has 0 unspecified atom stereocenters. The molecule has 0 aliphatic carbocycles. The number of nitrogens with zero attached hydrogens (tertiary/aromatic N) is 10. The van der Waals surface area contributed by atoms with Gasteiger partial charge in [0.1, 0.15) is 11.5 Å². The molecule has 7 rings (SSSR count). The number of hydrogen-bond donors (Lipinski definition) is 1. The number of carbonyl (C=O) groups is 4. The molecule has 5 aromatic rings. The first-order chi connectivity index (χ1) is 33.3. The zero-order chi connectivity index (χ0) is 49.5. The van der Waals surface area contributed by atoms with Crippen LogP contribution in [0.25, 0.3) is 11.5 Å². The first-order valence-electron chi connectivity index (χ1n) is 22.3. The Hall–Kier alpha value is -7.20. The van der Waals surface area contributed by atoms with Gasteiger partial charge in [0.05, 0.1) is 50.8 Å². The molecule has 18 nitrogen and oxygen atoms in total. The first-order valence-corrected chi connectivity index (χ1v) is 22.3. The van der Waals surface area contributed by atoms with Gasteiger partial charge in [0.2, 0.25) is 5.89 Å². The van der Waals surface area contributed by atoms with Gasteiger partial charge in [0.15, 0.2) is 5.78 Å². The van der Waals surface area contributed by atoms with Gasteiger partial charge in [0.25, 0.3) is 11.8 Å². The van der Waals surface area contributed by atoms with Crippen LogP contribution < -0.4 is 24.6 Å². The molecule has 2 aliphatic heterocycles. The van der Waals surface area contributed by atoms with Crippen LogP contribution in [-0.4, -0.2) is 156 Å². The van der Waals surface area contributed by atoms with E-state index < -0.39 is 37.0 Å². The number of nitrogens with one attached hydrogen (secondary N) is 1. The summed E-state index contributed by atoms with van der Waals surface area (Å²) in [4.78, 5) is 70.3. The molecular weight excluding hydrogens is 907 g/mol. The van der Waals surface area contributed by atoms with Crippen molar-refractivity contribution in [1.29, 1.82) is 0 Å². The third kappa shape index (κ3) is 13.9. The van der Waals surface area contributed by atoms with Crippen LogP contribution in [-0.2, 0) is 17.9 Å². The number of ketones is 1. The van der Waals surface area contributed by atoms with Crippen molar-refractivity contribution < 1.29 is 50.6 Å². The Balaban J connectivity index is 0.000000227. The fourth-order valence-electron chi connectivity index (χ4n) is 7.35. The van der Waals surface area contributed by atoms with E-state index >= 15 is 0 Å². The molecule has 0 atom stereocenters. The third-order valence-corrected chi connectivity index (χ3v) is 11.5. The van der Waals surface area contributed by atoms with E-state index in [-0.39, 0.29) is 36.6 Å². The minimum absolute atomic E-state index is 0.0359. The van der Waals surface area contributed by atoms with Crippen LogP contribution in [0.3, 0.4) is 0 Å². The number of aromatic nitrogens is 4. The fourth-order valence-corrected chi connectivity index (χ4v) is 7.35. The van der Waals surface area contributed by atoms with E-state index in [4.69, 9.17) is 13.9 Å². The third-order valence-electron chi connectivity index (χ3n) is 11.5. The number of carbonyl (C=O) groups excluding carboxylic acids is 4. The molecule has 368 valence electrons. The summed E-state index contributed by atoms with van der Waals surface area (Å²) < 4.78 is 65.5. The highest BCUT2D eigenvalue weighted by molar-refractivity contribution is 5.99. The molecule has 1 N–H and O–H groups in total. The van der Waals surface area contributed by atoms with Gasteiger partial charge in [-0.1, -0.05) is 13.8 Å². The van der Waals surface area contributed by atoms with Crippen molar-refractivity contribution in [2.75, 3.05) is 96.0 Å². The van der Waals surface area contributed by atoms with Gasteiger partial charge in [-0.15, -0.1) is 10.2 Å². The lowest BCUT2D eigenvalue weighted by atomic mass is 10.1.